The van der Waals surface area contributed by atoms with E-state index in [4.69, 9.17) is 0 Å². The number of aromatic nitrogens is 1. The normalized spacial score (nSPS) is 18.0. The molecule has 1 fully saturated rings. The number of fused-ring (bicyclic) bond motifs is 3. The van der Waals surface area contributed by atoms with Crippen LogP contribution >= 0.6 is 45.2 Å². The van der Waals surface area contributed by atoms with E-state index in [1.54, 1.807) is 0 Å². The second-order valence-electron chi connectivity index (χ2n) is 7.57. The van der Waals surface area contributed by atoms with Crippen molar-refractivity contribution in [1.82, 2.24) is 9.47 Å². The topological polar surface area (TPSA) is 28.4 Å². The van der Waals surface area contributed by atoms with Crippen LogP contribution in [0.1, 0.15) is 19.8 Å². The van der Waals surface area contributed by atoms with E-state index < -0.39 is 0 Å². The zero-order valence-corrected chi connectivity index (χ0v) is 19.3. The summed E-state index contributed by atoms with van der Waals surface area (Å²) in [5.41, 5.74) is 2.43. The maximum Gasteiger partial charge on any atom is 0.0845 e. The second kappa shape index (κ2) is 7.93. The zero-order valence-electron chi connectivity index (χ0n) is 15.0. The Kier molecular flexibility index (Phi) is 5.78. The molecular weight excluding hydrogens is 550 g/mol. The van der Waals surface area contributed by atoms with E-state index in [0.717, 1.165) is 25.6 Å². The Balaban J connectivity index is 1.64. The summed E-state index contributed by atoms with van der Waals surface area (Å²) in [5, 5.41) is 13.4. The number of piperidine rings is 1. The molecule has 4 rings (SSSR count). The van der Waals surface area contributed by atoms with Gasteiger partial charge < -0.3 is 14.6 Å². The summed E-state index contributed by atoms with van der Waals surface area (Å²) in [6.07, 6.45) is 2.15. The molecule has 2 heterocycles. The molecule has 3 aromatic rings. The summed E-state index contributed by atoms with van der Waals surface area (Å²) in [6.45, 7) is 5.97. The van der Waals surface area contributed by atoms with Crippen LogP contribution in [0.3, 0.4) is 0 Å². The first kappa shape index (κ1) is 19.0. The second-order valence-corrected chi connectivity index (χ2v) is 10.1. The molecule has 1 N–H and O–H groups in total. The van der Waals surface area contributed by atoms with Crippen LogP contribution in [0.5, 0.6) is 0 Å². The number of halogens is 2. The molecule has 26 heavy (non-hydrogen) atoms. The third-order valence-corrected chi connectivity index (χ3v) is 6.87. The summed E-state index contributed by atoms with van der Waals surface area (Å²) < 4.78 is 4.79. The van der Waals surface area contributed by atoms with Gasteiger partial charge in [-0.15, -0.1) is 0 Å². The highest BCUT2D eigenvalue weighted by Crippen LogP contribution is 2.31. The van der Waals surface area contributed by atoms with Crippen LogP contribution in [0.2, 0.25) is 0 Å². The summed E-state index contributed by atoms with van der Waals surface area (Å²) in [4.78, 5) is 2.42. The number of hydrogen-bond acceptors (Lipinski definition) is 2. The number of rotatable bonds is 4. The lowest BCUT2D eigenvalue weighted by Crippen LogP contribution is -2.39. The number of hydrogen-bond donors (Lipinski definition) is 1. The van der Waals surface area contributed by atoms with E-state index in [2.05, 4.69) is 98.0 Å². The number of benzene rings is 2. The van der Waals surface area contributed by atoms with Crippen LogP contribution in [0.4, 0.5) is 0 Å². The number of aliphatic hydroxyl groups excluding tert-OH is 1. The van der Waals surface area contributed by atoms with E-state index in [9.17, 15) is 5.11 Å². The predicted molar refractivity (Wildman–Crippen MR) is 126 cm³/mol. The summed E-state index contributed by atoms with van der Waals surface area (Å²) in [7, 11) is 0. The van der Waals surface area contributed by atoms with Gasteiger partial charge in [0.1, 0.15) is 0 Å². The van der Waals surface area contributed by atoms with Crippen molar-refractivity contribution in [1.29, 1.82) is 0 Å². The first-order chi connectivity index (χ1) is 12.5. The summed E-state index contributed by atoms with van der Waals surface area (Å²) in [6, 6.07) is 13.2. The van der Waals surface area contributed by atoms with Gasteiger partial charge in [-0.3, -0.25) is 0 Å². The first-order valence-electron chi connectivity index (χ1n) is 9.28. The quantitative estimate of drug-likeness (QED) is 0.440. The molecule has 2 aromatic carbocycles. The Morgan fingerprint density at radius 3 is 2.04 bits per heavy atom. The van der Waals surface area contributed by atoms with Crippen molar-refractivity contribution in [3.8, 4) is 0 Å². The maximum atomic E-state index is 10.8. The van der Waals surface area contributed by atoms with E-state index in [1.165, 1.54) is 41.8 Å². The van der Waals surface area contributed by atoms with Gasteiger partial charge in [0.25, 0.3) is 0 Å². The van der Waals surface area contributed by atoms with Gasteiger partial charge in [0.15, 0.2) is 0 Å². The lowest BCUT2D eigenvalue weighted by Gasteiger charge is -2.31. The van der Waals surface area contributed by atoms with Gasteiger partial charge in [-0.1, -0.05) is 6.92 Å². The van der Waals surface area contributed by atoms with Crippen LogP contribution < -0.4 is 0 Å². The SMILES string of the molecule is CC1CCN(C[C@@H](O)Cn2c3ccc(I)cc3c3cc(I)ccc32)CC1. The lowest BCUT2D eigenvalue weighted by atomic mass is 9.99. The fraction of sp³-hybridized carbons (Fsp3) is 0.429. The van der Waals surface area contributed by atoms with Crippen molar-refractivity contribution in [3.63, 3.8) is 0 Å². The van der Waals surface area contributed by atoms with Gasteiger partial charge in [-0.2, -0.15) is 0 Å². The largest absolute Gasteiger partial charge is 0.390 e. The minimum Gasteiger partial charge on any atom is -0.390 e. The van der Waals surface area contributed by atoms with Crippen molar-refractivity contribution < 1.29 is 5.11 Å². The average molecular weight is 574 g/mol. The van der Waals surface area contributed by atoms with Gasteiger partial charge >= 0.3 is 0 Å². The summed E-state index contributed by atoms with van der Waals surface area (Å²) >= 11 is 4.75. The van der Waals surface area contributed by atoms with Crippen molar-refractivity contribution in [2.75, 3.05) is 19.6 Å². The Labute approximate surface area is 182 Å². The van der Waals surface area contributed by atoms with Crippen molar-refractivity contribution in [2.24, 2.45) is 5.92 Å². The van der Waals surface area contributed by atoms with Gasteiger partial charge in [0.2, 0.25) is 0 Å². The summed E-state index contributed by atoms with van der Waals surface area (Å²) in [5.74, 6) is 0.825. The number of β-amino-alcohol motifs (C(OH)–C–C–N with tert-alkyl or cyclic N) is 1. The molecule has 0 bridgehead atoms. The first-order valence-corrected chi connectivity index (χ1v) is 11.4. The Bertz CT molecular complexity index is 869. The number of aliphatic hydroxyl groups is 1. The Morgan fingerprint density at radius 2 is 1.50 bits per heavy atom. The zero-order chi connectivity index (χ0) is 18.3. The molecule has 0 aliphatic carbocycles. The van der Waals surface area contributed by atoms with Crippen molar-refractivity contribution in [3.05, 3.63) is 43.5 Å². The molecular formula is C21H24I2N2O. The van der Waals surface area contributed by atoms with Gasteiger partial charge in [0.05, 0.1) is 12.6 Å². The number of likely N-dealkylation sites (tertiary alicyclic amines) is 1. The predicted octanol–water partition coefficient (Wildman–Crippen LogP) is 5.10. The minimum absolute atomic E-state index is 0.347. The average Bonchev–Trinajstić information content (AvgIpc) is 2.89. The van der Waals surface area contributed by atoms with Crippen LogP contribution in [0.25, 0.3) is 21.8 Å². The maximum absolute atomic E-state index is 10.8. The van der Waals surface area contributed by atoms with E-state index >= 15 is 0 Å². The molecule has 1 saturated heterocycles. The van der Waals surface area contributed by atoms with Crippen LogP contribution in [0, 0.1) is 13.1 Å². The molecule has 0 spiro atoms. The molecule has 0 radical (unpaired) electrons. The lowest BCUT2D eigenvalue weighted by molar-refractivity contribution is 0.0817. The molecule has 138 valence electrons. The fourth-order valence-electron chi connectivity index (χ4n) is 4.06. The van der Waals surface area contributed by atoms with Crippen LogP contribution in [-0.4, -0.2) is 40.3 Å². The molecule has 1 aromatic heterocycles. The Morgan fingerprint density at radius 1 is 0.962 bits per heavy atom. The molecule has 1 aliphatic rings. The minimum atomic E-state index is -0.347. The van der Waals surface area contributed by atoms with Gasteiger partial charge in [-0.05, 0) is 113 Å². The molecule has 0 unspecified atom stereocenters. The molecule has 1 atom stereocenters. The highest BCUT2D eigenvalue weighted by molar-refractivity contribution is 14.1. The highest BCUT2D eigenvalue weighted by Gasteiger charge is 2.20. The van der Waals surface area contributed by atoms with Gasteiger partial charge in [-0.25, -0.2) is 0 Å². The van der Waals surface area contributed by atoms with E-state index in [0.29, 0.717) is 6.54 Å². The third kappa shape index (κ3) is 3.91. The van der Waals surface area contributed by atoms with Crippen molar-refractivity contribution >= 4 is 67.0 Å². The highest BCUT2D eigenvalue weighted by atomic mass is 127. The van der Waals surface area contributed by atoms with Crippen LogP contribution in [0.15, 0.2) is 36.4 Å². The molecule has 1 aliphatic heterocycles. The van der Waals surface area contributed by atoms with E-state index in [1.807, 2.05) is 0 Å². The standard InChI is InChI=1S/C21H24I2N2O/c1-14-6-8-24(9-7-14)12-17(26)13-25-20-4-2-15(22)10-18(20)19-11-16(23)3-5-21(19)25/h2-5,10-11,14,17,26H,6-9,12-13H2,1H3/t17-/m1/s1. The molecule has 0 saturated carbocycles. The monoisotopic (exact) mass is 574 g/mol. The third-order valence-electron chi connectivity index (χ3n) is 5.53. The number of nitrogens with zero attached hydrogens (tertiary/aromatic N) is 2. The van der Waals surface area contributed by atoms with Gasteiger partial charge in [0, 0.05) is 35.5 Å². The van der Waals surface area contributed by atoms with Crippen molar-refractivity contribution in [2.45, 2.75) is 32.4 Å². The Hall–Kier alpha value is -0.380. The molecule has 3 nitrogen and oxygen atoms in total. The van der Waals surface area contributed by atoms with E-state index in [-0.39, 0.29) is 6.10 Å². The smallest absolute Gasteiger partial charge is 0.0845 e. The molecule has 0 amide bonds. The fourth-order valence-corrected chi connectivity index (χ4v) is 5.04. The molecule has 5 heteroatoms. The van der Waals surface area contributed by atoms with Crippen LogP contribution in [-0.2, 0) is 6.54 Å².